The highest BCUT2D eigenvalue weighted by Crippen LogP contribution is 2.38. The van der Waals surface area contributed by atoms with Gasteiger partial charge in [-0.2, -0.15) is 18.3 Å². The fourth-order valence-electron chi connectivity index (χ4n) is 3.31. The molecule has 1 aromatic carbocycles. The standard InChI is InChI=1S/C20H20F3N5S/c21-20(22,23)13-26(12-15-5-2-1-3-6-15)14-27-19(29)28(17-8-9-17)18(25-27)16-7-4-10-24-11-16/h1-7,10-11,17H,8-9,12-14H2. The van der Waals surface area contributed by atoms with Crippen LogP contribution in [0.5, 0.6) is 0 Å². The van der Waals surface area contributed by atoms with Crippen LogP contribution in [0.1, 0.15) is 24.4 Å². The number of benzene rings is 1. The molecule has 1 saturated carbocycles. The van der Waals surface area contributed by atoms with Gasteiger partial charge in [-0.15, -0.1) is 0 Å². The third kappa shape index (κ3) is 4.91. The van der Waals surface area contributed by atoms with Crippen LogP contribution in [0.15, 0.2) is 54.9 Å². The average Bonchev–Trinajstić information content (AvgIpc) is 3.47. The van der Waals surface area contributed by atoms with Crippen molar-refractivity contribution < 1.29 is 13.2 Å². The molecular formula is C20H20F3N5S. The van der Waals surface area contributed by atoms with E-state index in [1.165, 1.54) is 9.58 Å². The van der Waals surface area contributed by atoms with Crippen molar-refractivity contribution in [3.05, 3.63) is 65.2 Å². The highest BCUT2D eigenvalue weighted by Gasteiger charge is 2.33. The van der Waals surface area contributed by atoms with Gasteiger partial charge in [0.2, 0.25) is 0 Å². The molecular weight excluding hydrogens is 399 g/mol. The zero-order valence-corrected chi connectivity index (χ0v) is 16.4. The molecule has 152 valence electrons. The normalized spacial score (nSPS) is 14.5. The Morgan fingerprint density at radius 3 is 2.48 bits per heavy atom. The van der Waals surface area contributed by atoms with Crippen molar-refractivity contribution in [3.63, 3.8) is 0 Å². The van der Waals surface area contributed by atoms with Crippen molar-refractivity contribution in [1.29, 1.82) is 0 Å². The number of nitrogens with zero attached hydrogens (tertiary/aromatic N) is 5. The second-order valence-electron chi connectivity index (χ2n) is 7.18. The molecule has 0 unspecified atom stereocenters. The second kappa shape index (κ2) is 8.08. The van der Waals surface area contributed by atoms with Gasteiger partial charge in [0.05, 0.1) is 13.2 Å². The lowest BCUT2D eigenvalue weighted by molar-refractivity contribution is -0.151. The smallest absolute Gasteiger partial charge is 0.297 e. The highest BCUT2D eigenvalue weighted by molar-refractivity contribution is 7.71. The fraction of sp³-hybridized carbons (Fsp3) is 0.350. The van der Waals surface area contributed by atoms with Gasteiger partial charge in [-0.1, -0.05) is 30.3 Å². The molecule has 1 fully saturated rings. The lowest BCUT2D eigenvalue weighted by Gasteiger charge is -2.23. The van der Waals surface area contributed by atoms with Gasteiger partial charge in [0.25, 0.3) is 0 Å². The van der Waals surface area contributed by atoms with Crippen LogP contribution in [0.2, 0.25) is 0 Å². The first kappa shape index (κ1) is 19.8. The minimum atomic E-state index is -4.32. The summed E-state index contributed by atoms with van der Waals surface area (Å²) in [6, 6.07) is 13.0. The van der Waals surface area contributed by atoms with E-state index < -0.39 is 12.7 Å². The molecule has 9 heteroatoms. The number of alkyl halides is 3. The predicted molar refractivity (Wildman–Crippen MR) is 105 cm³/mol. The first-order valence-electron chi connectivity index (χ1n) is 9.33. The second-order valence-corrected chi connectivity index (χ2v) is 7.54. The van der Waals surface area contributed by atoms with Crippen LogP contribution < -0.4 is 0 Å². The fourth-order valence-corrected chi connectivity index (χ4v) is 3.64. The summed E-state index contributed by atoms with van der Waals surface area (Å²) >= 11 is 5.59. The van der Waals surface area contributed by atoms with Crippen molar-refractivity contribution in [2.45, 2.75) is 38.3 Å². The van der Waals surface area contributed by atoms with Gasteiger partial charge in [-0.05, 0) is 42.8 Å². The number of hydrogen-bond donors (Lipinski definition) is 0. The minimum absolute atomic E-state index is 0.0414. The van der Waals surface area contributed by atoms with E-state index in [9.17, 15) is 13.2 Å². The van der Waals surface area contributed by atoms with Crippen LogP contribution in [0.4, 0.5) is 13.2 Å². The molecule has 29 heavy (non-hydrogen) atoms. The van der Waals surface area contributed by atoms with E-state index in [1.807, 2.05) is 41.0 Å². The van der Waals surface area contributed by atoms with Gasteiger partial charge < -0.3 is 0 Å². The van der Waals surface area contributed by atoms with E-state index in [4.69, 9.17) is 12.2 Å². The monoisotopic (exact) mass is 419 g/mol. The Balaban J connectivity index is 1.66. The first-order valence-corrected chi connectivity index (χ1v) is 9.74. The summed E-state index contributed by atoms with van der Waals surface area (Å²) in [5.74, 6) is 0.650. The Hall–Kier alpha value is -2.52. The predicted octanol–water partition coefficient (Wildman–Crippen LogP) is 4.83. The molecule has 0 amide bonds. The zero-order valence-electron chi connectivity index (χ0n) is 15.6. The SMILES string of the molecule is FC(F)(F)CN(Cc1ccccc1)Cn1nc(-c2cccnc2)n(C2CC2)c1=S. The molecule has 2 aromatic heterocycles. The quantitative estimate of drug-likeness (QED) is 0.514. The molecule has 3 aromatic rings. The summed E-state index contributed by atoms with van der Waals surface area (Å²) in [6.45, 7) is -0.928. The molecule has 2 heterocycles. The lowest BCUT2D eigenvalue weighted by atomic mass is 10.2. The summed E-state index contributed by atoms with van der Waals surface area (Å²) in [6.07, 6.45) is 1.02. The molecule has 0 aliphatic heterocycles. The maximum Gasteiger partial charge on any atom is 0.401 e. The van der Waals surface area contributed by atoms with E-state index in [1.54, 1.807) is 18.5 Å². The molecule has 0 N–H and O–H groups in total. The maximum atomic E-state index is 13.2. The molecule has 0 saturated heterocycles. The Labute approximate surface area is 171 Å². The number of pyridine rings is 1. The van der Waals surface area contributed by atoms with Gasteiger partial charge in [0.1, 0.15) is 0 Å². The van der Waals surface area contributed by atoms with Crippen LogP contribution in [-0.4, -0.2) is 37.0 Å². The van der Waals surface area contributed by atoms with Crippen molar-refractivity contribution >= 4 is 12.2 Å². The van der Waals surface area contributed by atoms with Gasteiger partial charge in [-0.25, -0.2) is 4.68 Å². The number of halogens is 3. The molecule has 0 bridgehead atoms. The van der Waals surface area contributed by atoms with E-state index in [-0.39, 0.29) is 19.3 Å². The Kier molecular flexibility index (Phi) is 5.51. The molecule has 4 rings (SSSR count). The van der Waals surface area contributed by atoms with Crippen molar-refractivity contribution in [2.75, 3.05) is 6.54 Å². The first-order chi connectivity index (χ1) is 13.9. The van der Waals surface area contributed by atoms with Crippen LogP contribution >= 0.6 is 12.2 Å². The molecule has 0 spiro atoms. The van der Waals surface area contributed by atoms with Gasteiger partial charge in [0.15, 0.2) is 10.6 Å². The average molecular weight is 419 g/mol. The summed E-state index contributed by atoms with van der Waals surface area (Å²) in [7, 11) is 0. The number of rotatable bonds is 7. The minimum Gasteiger partial charge on any atom is -0.297 e. The highest BCUT2D eigenvalue weighted by atomic mass is 32.1. The Morgan fingerprint density at radius 1 is 1.10 bits per heavy atom. The number of hydrogen-bond acceptors (Lipinski definition) is 4. The zero-order chi connectivity index (χ0) is 20.4. The van der Waals surface area contributed by atoms with Gasteiger partial charge in [-0.3, -0.25) is 14.5 Å². The Bertz CT molecular complexity index is 1010. The van der Waals surface area contributed by atoms with Crippen LogP contribution in [0, 0.1) is 4.77 Å². The van der Waals surface area contributed by atoms with Crippen LogP contribution in [-0.2, 0) is 13.2 Å². The summed E-state index contributed by atoms with van der Waals surface area (Å²) in [5, 5.41) is 4.58. The molecule has 1 aliphatic carbocycles. The summed E-state index contributed by atoms with van der Waals surface area (Å²) in [4.78, 5) is 5.44. The third-order valence-electron chi connectivity index (χ3n) is 4.69. The van der Waals surface area contributed by atoms with Gasteiger partial charge >= 0.3 is 6.18 Å². The molecule has 0 radical (unpaired) electrons. The molecule has 0 atom stereocenters. The summed E-state index contributed by atoms with van der Waals surface area (Å²) < 4.78 is 43.4. The van der Waals surface area contributed by atoms with E-state index in [0.29, 0.717) is 10.6 Å². The van der Waals surface area contributed by atoms with Crippen LogP contribution in [0.3, 0.4) is 0 Å². The lowest BCUT2D eigenvalue weighted by Crippen LogP contribution is -2.35. The number of aromatic nitrogens is 4. The Morgan fingerprint density at radius 2 is 1.86 bits per heavy atom. The summed E-state index contributed by atoms with van der Waals surface area (Å²) in [5.41, 5.74) is 1.60. The molecule has 1 aliphatic rings. The topological polar surface area (TPSA) is 38.9 Å². The van der Waals surface area contributed by atoms with Crippen molar-refractivity contribution in [3.8, 4) is 11.4 Å². The van der Waals surface area contributed by atoms with Gasteiger partial charge in [0, 0.05) is 30.5 Å². The van der Waals surface area contributed by atoms with Crippen molar-refractivity contribution in [1.82, 2.24) is 24.2 Å². The van der Waals surface area contributed by atoms with E-state index in [2.05, 4.69) is 10.1 Å². The van der Waals surface area contributed by atoms with E-state index in [0.717, 1.165) is 24.0 Å². The van der Waals surface area contributed by atoms with E-state index >= 15 is 0 Å². The largest absolute Gasteiger partial charge is 0.401 e. The molecule has 5 nitrogen and oxygen atoms in total. The van der Waals surface area contributed by atoms with Crippen LogP contribution in [0.25, 0.3) is 11.4 Å². The maximum absolute atomic E-state index is 13.2. The third-order valence-corrected chi connectivity index (χ3v) is 5.10. The van der Waals surface area contributed by atoms with Crippen molar-refractivity contribution in [2.24, 2.45) is 0 Å².